The molecule has 0 aliphatic heterocycles. The Labute approximate surface area is 129 Å². The van der Waals surface area contributed by atoms with Crippen molar-refractivity contribution in [1.29, 1.82) is 0 Å². The highest BCUT2D eigenvalue weighted by atomic mass is 35.5. The lowest BCUT2D eigenvalue weighted by molar-refractivity contribution is 0.415. The largest absolute Gasteiger partial charge is 0.495 e. The topological polar surface area (TPSA) is 59.1 Å². The Balaban J connectivity index is 2.16. The highest BCUT2D eigenvalue weighted by Gasteiger charge is 2.11. The van der Waals surface area contributed by atoms with E-state index in [9.17, 15) is 0 Å². The number of nitrogens with zero attached hydrogens (tertiary/aromatic N) is 2. The van der Waals surface area contributed by atoms with E-state index < -0.39 is 0 Å². The predicted octanol–water partition coefficient (Wildman–Crippen LogP) is 4.09. The van der Waals surface area contributed by atoms with Gasteiger partial charge in [0.15, 0.2) is 0 Å². The second kappa shape index (κ2) is 6.18. The summed E-state index contributed by atoms with van der Waals surface area (Å²) in [5.74, 6) is 1.90. The number of ether oxygens (including phenoxy) is 1. The number of nitrogens with one attached hydrogen (secondary N) is 2. The van der Waals surface area contributed by atoms with Crippen LogP contribution in [0.3, 0.4) is 0 Å². The van der Waals surface area contributed by atoms with Gasteiger partial charge in [-0.3, -0.25) is 0 Å². The van der Waals surface area contributed by atoms with Crippen molar-refractivity contribution < 1.29 is 4.74 Å². The zero-order valence-electron chi connectivity index (χ0n) is 12.6. The van der Waals surface area contributed by atoms with Crippen LogP contribution in [0.1, 0.15) is 20.8 Å². The Hall–Kier alpha value is -2.01. The molecule has 0 aliphatic rings. The zero-order chi connectivity index (χ0) is 15.5. The molecule has 0 fully saturated rings. The van der Waals surface area contributed by atoms with Gasteiger partial charge in [-0.1, -0.05) is 11.6 Å². The van der Waals surface area contributed by atoms with Crippen LogP contribution in [0.2, 0.25) is 5.02 Å². The quantitative estimate of drug-likeness (QED) is 0.891. The summed E-state index contributed by atoms with van der Waals surface area (Å²) in [6.07, 6.45) is 1.70. The van der Waals surface area contributed by atoms with E-state index in [2.05, 4.69) is 41.4 Å². The van der Waals surface area contributed by atoms with Gasteiger partial charge in [-0.2, -0.15) is 4.98 Å². The van der Waals surface area contributed by atoms with E-state index in [1.54, 1.807) is 25.4 Å². The molecule has 6 heteroatoms. The third-order valence-corrected chi connectivity index (χ3v) is 2.86. The predicted molar refractivity (Wildman–Crippen MR) is 86.7 cm³/mol. The van der Waals surface area contributed by atoms with Crippen LogP contribution in [-0.4, -0.2) is 22.6 Å². The fourth-order valence-corrected chi connectivity index (χ4v) is 2.00. The first-order chi connectivity index (χ1) is 9.87. The van der Waals surface area contributed by atoms with E-state index in [1.807, 2.05) is 12.1 Å². The van der Waals surface area contributed by atoms with Crippen molar-refractivity contribution >= 4 is 29.1 Å². The van der Waals surface area contributed by atoms with Crippen LogP contribution in [0.25, 0.3) is 0 Å². The summed E-state index contributed by atoms with van der Waals surface area (Å²) in [5.41, 5.74) is 0.739. The Bertz CT molecular complexity index is 625. The second-order valence-electron chi connectivity index (χ2n) is 5.61. The molecule has 5 nitrogen and oxygen atoms in total. The average molecular weight is 307 g/mol. The number of hydrogen-bond acceptors (Lipinski definition) is 5. The highest BCUT2D eigenvalue weighted by Crippen LogP contribution is 2.28. The van der Waals surface area contributed by atoms with Gasteiger partial charge in [0.1, 0.15) is 11.6 Å². The van der Waals surface area contributed by atoms with Crippen molar-refractivity contribution in [2.45, 2.75) is 26.3 Å². The monoisotopic (exact) mass is 306 g/mol. The van der Waals surface area contributed by atoms with Crippen LogP contribution in [0.15, 0.2) is 30.5 Å². The third kappa shape index (κ3) is 4.49. The number of aromatic nitrogens is 2. The van der Waals surface area contributed by atoms with Crippen LogP contribution in [0.5, 0.6) is 5.75 Å². The van der Waals surface area contributed by atoms with Gasteiger partial charge in [0, 0.05) is 17.4 Å². The summed E-state index contributed by atoms with van der Waals surface area (Å²) in [6.45, 7) is 6.22. The minimum Gasteiger partial charge on any atom is -0.495 e. The van der Waals surface area contributed by atoms with Gasteiger partial charge in [0.2, 0.25) is 5.95 Å². The number of anilines is 3. The molecule has 112 valence electrons. The lowest BCUT2D eigenvalue weighted by Crippen LogP contribution is -2.26. The molecule has 0 aliphatic carbocycles. The summed E-state index contributed by atoms with van der Waals surface area (Å²) in [5, 5.41) is 6.95. The first-order valence-electron chi connectivity index (χ1n) is 6.59. The molecule has 21 heavy (non-hydrogen) atoms. The van der Waals surface area contributed by atoms with Crippen molar-refractivity contribution in [2.24, 2.45) is 0 Å². The molecule has 0 radical (unpaired) electrons. The van der Waals surface area contributed by atoms with Crippen molar-refractivity contribution in [1.82, 2.24) is 9.97 Å². The normalized spacial score (nSPS) is 11.1. The minimum atomic E-state index is -0.0605. The Kier molecular flexibility index (Phi) is 4.53. The van der Waals surface area contributed by atoms with E-state index in [1.165, 1.54) is 0 Å². The molecule has 0 atom stereocenters. The molecular weight excluding hydrogens is 288 g/mol. The van der Waals surface area contributed by atoms with Crippen molar-refractivity contribution in [3.63, 3.8) is 0 Å². The smallest absolute Gasteiger partial charge is 0.229 e. The Morgan fingerprint density at radius 1 is 1.19 bits per heavy atom. The number of methoxy groups -OCH3 is 1. The van der Waals surface area contributed by atoms with E-state index in [4.69, 9.17) is 16.3 Å². The van der Waals surface area contributed by atoms with Crippen molar-refractivity contribution in [3.8, 4) is 5.75 Å². The van der Waals surface area contributed by atoms with Gasteiger partial charge >= 0.3 is 0 Å². The maximum Gasteiger partial charge on any atom is 0.229 e. The van der Waals surface area contributed by atoms with Crippen LogP contribution < -0.4 is 15.4 Å². The van der Waals surface area contributed by atoms with Gasteiger partial charge in [-0.25, -0.2) is 4.98 Å². The first kappa shape index (κ1) is 15.4. The van der Waals surface area contributed by atoms with E-state index >= 15 is 0 Å². The van der Waals surface area contributed by atoms with Crippen molar-refractivity contribution in [2.75, 3.05) is 17.7 Å². The standard InChI is InChI=1S/C15H19ClN4O/c1-15(2,3)20-13-7-8-17-14(19-13)18-10-5-6-12(21-4)11(16)9-10/h5-9H,1-4H3,(H2,17,18,19,20). The summed E-state index contributed by atoms with van der Waals surface area (Å²) in [6, 6.07) is 7.25. The van der Waals surface area contributed by atoms with Crippen molar-refractivity contribution in [3.05, 3.63) is 35.5 Å². The first-order valence-corrected chi connectivity index (χ1v) is 6.97. The van der Waals surface area contributed by atoms with E-state index in [0.717, 1.165) is 11.5 Å². The Morgan fingerprint density at radius 3 is 2.57 bits per heavy atom. The number of rotatable bonds is 4. The fourth-order valence-electron chi connectivity index (χ4n) is 1.75. The lowest BCUT2D eigenvalue weighted by atomic mass is 10.1. The number of benzene rings is 1. The van der Waals surface area contributed by atoms with Gasteiger partial charge in [0.25, 0.3) is 0 Å². The highest BCUT2D eigenvalue weighted by molar-refractivity contribution is 6.32. The maximum absolute atomic E-state index is 6.10. The molecule has 0 saturated heterocycles. The molecule has 2 N–H and O–H groups in total. The second-order valence-corrected chi connectivity index (χ2v) is 6.02. The molecule has 0 unspecified atom stereocenters. The minimum absolute atomic E-state index is 0.0605. The molecule has 0 saturated carbocycles. The Morgan fingerprint density at radius 2 is 1.95 bits per heavy atom. The SMILES string of the molecule is COc1ccc(Nc2nccc(NC(C)(C)C)n2)cc1Cl. The van der Waals surface area contributed by atoms with E-state index in [-0.39, 0.29) is 5.54 Å². The summed E-state index contributed by atoms with van der Waals surface area (Å²) < 4.78 is 5.12. The summed E-state index contributed by atoms with van der Waals surface area (Å²) >= 11 is 6.10. The summed E-state index contributed by atoms with van der Waals surface area (Å²) in [7, 11) is 1.58. The van der Waals surface area contributed by atoms with E-state index in [0.29, 0.717) is 16.7 Å². The average Bonchev–Trinajstić information content (AvgIpc) is 2.37. The van der Waals surface area contributed by atoms with Gasteiger partial charge < -0.3 is 15.4 Å². The van der Waals surface area contributed by atoms with Crippen LogP contribution in [0.4, 0.5) is 17.5 Å². The maximum atomic E-state index is 6.10. The molecule has 2 aromatic rings. The summed E-state index contributed by atoms with van der Waals surface area (Å²) in [4.78, 5) is 8.62. The number of hydrogen-bond donors (Lipinski definition) is 2. The lowest BCUT2D eigenvalue weighted by Gasteiger charge is -2.21. The molecule has 1 aromatic carbocycles. The molecule has 2 rings (SSSR count). The number of halogens is 1. The molecule has 0 bridgehead atoms. The molecular formula is C15H19ClN4O. The molecule has 0 amide bonds. The molecule has 0 spiro atoms. The van der Waals surface area contributed by atoms with Crippen LogP contribution in [0, 0.1) is 0 Å². The molecule has 1 heterocycles. The van der Waals surface area contributed by atoms with Gasteiger partial charge in [-0.05, 0) is 45.0 Å². The van der Waals surface area contributed by atoms with Crippen LogP contribution >= 0.6 is 11.6 Å². The third-order valence-electron chi connectivity index (χ3n) is 2.57. The zero-order valence-corrected chi connectivity index (χ0v) is 13.3. The van der Waals surface area contributed by atoms with Gasteiger partial charge in [0.05, 0.1) is 12.1 Å². The van der Waals surface area contributed by atoms with Gasteiger partial charge in [-0.15, -0.1) is 0 Å². The van der Waals surface area contributed by atoms with Crippen LogP contribution in [-0.2, 0) is 0 Å². The molecule has 1 aromatic heterocycles. The fraction of sp³-hybridized carbons (Fsp3) is 0.333.